The third-order valence-corrected chi connectivity index (χ3v) is 3.53. The number of aromatic hydroxyl groups is 2. The molecule has 0 radical (unpaired) electrons. The van der Waals surface area contributed by atoms with Crippen molar-refractivity contribution in [2.45, 2.75) is 30.9 Å². The Kier molecular flexibility index (Phi) is 2.87. The Morgan fingerprint density at radius 1 is 1.21 bits per heavy atom. The van der Waals surface area contributed by atoms with Gasteiger partial charge < -0.3 is 15.3 Å². The molecule has 4 nitrogen and oxygen atoms in total. The number of phenolic OH excluding ortho intramolecular Hbond substituents is 2. The predicted octanol–water partition coefficient (Wildman–Crippen LogP) is 2.62. The molecule has 0 unspecified atom stereocenters. The monoisotopic (exact) mass is 276 g/mol. The summed E-state index contributed by atoms with van der Waals surface area (Å²) in [4.78, 5) is 11.3. The molecule has 0 aromatic heterocycles. The molecule has 1 aromatic carbocycles. The summed E-state index contributed by atoms with van der Waals surface area (Å²) >= 11 is 0. The molecule has 0 saturated heterocycles. The number of aliphatic carboxylic acids is 1. The summed E-state index contributed by atoms with van der Waals surface area (Å²) in [5.41, 5.74) is -3.34. The molecular weight excluding hydrogens is 265 g/mol. The number of alkyl halides is 3. The summed E-state index contributed by atoms with van der Waals surface area (Å²) in [6.45, 7) is 0. The lowest BCUT2D eigenvalue weighted by Crippen LogP contribution is -2.42. The van der Waals surface area contributed by atoms with E-state index in [2.05, 4.69) is 0 Å². The summed E-state index contributed by atoms with van der Waals surface area (Å²) in [5, 5.41) is 28.2. The summed E-state index contributed by atoms with van der Waals surface area (Å²) in [6, 6.07) is 1.27. The van der Waals surface area contributed by atoms with Crippen LogP contribution in [0.4, 0.5) is 13.2 Å². The van der Waals surface area contributed by atoms with E-state index in [0.29, 0.717) is 12.5 Å². The number of carbonyl (C=O) groups is 1. The molecule has 0 bridgehead atoms. The van der Waals surface area contributed by atoms with Crippen LogP contribution < -0.4 is 0 Å². The minimum absolute atomic E-state index is 0.136. The highest BCUT2D eigenvalue weighted by molar-refractivity contribution is 5.84. The Hall–Kier alpha value is -1.92. The van der Waals surface area contributed by atoms with E-state index < -0.39 is 34.6 Å². The lowest BCUT2D eigenvalue weighted by atomic mass is 9.64. The van der Waals surface area contributed by atoms with Gasteiger partial charge in [0.2, 0.25) is 0 Å². The van der Waals surface area contributed by atoms with Crippen LogP contribution in [-0.2, 0) is 16.4 Å². The van der Waals surface area contributed by atoms with Crippen LogP contribution in [0.2, 0.25) is 0 Å². The van der Waals surface area contributed by atoms with E-state index >= 15 is 0 Å². The third-order valence-electron chi connectivity index (χ3n) is 3.53. The smallest absolute Gasteiger partial charge is 0.420 e. The van der Waals surface area contributed by atoms with Gasteiger partial charge in [-0.05, 0) is 25.0 Å². The number of carboxylic acid groups (broad SMARTS) is 1. The molecule has 1 aromatic rings. The Morgan fingerprint density at radius 2 is 1.79 bits per heavy atom. The van der Waals surface area contributed by atoms with Gasteiger partial charge in [-0.15, -0.1) is 0 Å². The zero-order valence-corrected chi connectivity index (χ0v) is 9.66. The molecule has 0 spiro atoms. The number of hydrogen-bond donors (Lipinski definition) is 3. The van der Waals surface area contributed by atoms with Crippen molar-refractivity contribution in [3.63, 3.8) is 0 Å². The van der Waals surface area contributed by atoms with E-state index in [1.165, 1.54) is 0 Å². The Morgan fingerprint density at radius 3 is 2.16 bits per heavy atom. The standard InChI is InChI=1S/C12H11F3O4/c13-12(14,15)8-5-6(16)4-7(9(8)17)11(10(18)19)2-1-3-11/h4-5,16-17H,1-3H2,(H,18,19). The second-order valence-corrected chi connectivity index (χ2v) is 4.63. The average molecular weight is 276 g/mol. The minimum atomic E-state index is -4.86. The lowest BCUT2D eigenvalue weighted by Gasteiger charge is -2.38. The highest BCUT2D eigenvalue weighted by Crippen LogP contribution is 2.51. The zero-order valence-electron chi connectivity index (χ0n) is 9.66. The molecule has 1 fully saturated rings. The number of phenols is 2. The fourth-order valence-corrected chi connectivity index (χ4v) is 2.33. The van der Waals surface area contributed by atoms with E-state index in [1.54, 1.807) is 0 Å². The summed E-state index contributed by atoms with van der Waals surface area (Å²) in [5.74, 6) is -3.13. The highest BCUT2D eigenvalue weighted by atomic mass is 19.4. The van der Waals surface area contributed by atoms with Crippen molar-refractivity contribution in [3.05, 3.63) is 23.3 Å². The first-order valence-corrected chi connectivity index (χ1v) is 5.55. The summed E-state index contributed by atoms with van der Waals surface area (Å²) in [7, 11) is 0. The van der Waals surface area contributed by atoms with Crippen LogP contribution in [-0.4, -0.2) is 21.3 Å². The van der Waals surface area contributed by atoms with E-state index in [1.807, 2.05) is 0 Å². The molecular formula is C12H11F3O4. The topological polar surface area (TPSA) is 77.8 Å². The van der Waals surface area contributed by atoms with Gasteiger partial charge in [-0.3, -0.25) is 4.79 Å². The number of carboxylic acids is 1. The van der Waals surface area contributed by atoms with Crippen molar-refractivity contribution in [3.8, 4) is 11.5 Å². The van der Waals surface area contributed by atoms with Gasteiger partial charge in [0.15, 0.2) is 0 Å². The van der Waals surface area contributed by atoms with Crippen molar-refractivity contribution >= 4 is 5.97 Å². The minimum Gasteiger partial charge on any atom is -0.508 e. The van der Waals surface area contributed by atoms with Gasteiger partial charge in [0.1, 0.15) is 17.1 Å². The molecule has 1 aliphatic carbocycles. The fourth-order valence-electron chi connectivity index (χ4n) is 2.33. The van der Waals surface area contributed by atoms with E-state index in [0.717, 1.165) is 6.07 Å². The molecule has 1 saturated carbocycles. The molecule has 3 N–H and O–H groups in total. The number of rotatable bonds is 2. The first-order valence-electron chi connectivity index (χ1n) is 5.55. The van der Waals surface area contributed by atoms with Gasteiger partial charge in [-0.1, -0.05) is 6.42 Å². The SMILES string of the molecule is O=C(O)C1(c2cc(O)cc(C(F)(F)F)c2O)CCC1. The largest absolute Gasteiger partial charge is 0.508 e. The van der Waals surface area contributed by atoms with Crippen molar-refractivity contribution in [2.75, 3.05) is 0 Å². The maximum Gasteiger partial charge on any atom is 0.420 e. The second kappa shape index (κ2) is 4.04. The van der Waals surface area contributed by atoms with E-state index in [-0.39, 0.29) is 18.4 Å². The molecule has 0 heterocycles. The Labute approximate surface area is 106 Å². The molecule has 7 heteroatoms. The quantitative estimate of drug-likeness (QED) is 0.726. The maximum atomic E-state index is 12.7. The van der Waals surface area contributed by atoms with Crippen LogP contribution in [0, 0.1) is 0 Å². The van der Waals surface area contributed by atoms with Gasteiger partial charge in [-0.2, -0.15) is 13.2 Å². The van der Waals surface area contributed by atoms with Crippen molar-refractivity contribution in [2.24, 2.45) is 0 Å². The van der Waals surface area contributed by atoms with E-state index in [9.17, 15) is 33.3 Å². The van der Waals surface area contributed by atoms with Gasteiger partial charge in [0.25, 0.3) is 0 Å². The molecule has 0 amide bonds. The van der Waals surface area contributed by atoms with Crippen molar-refractivity contribution < 1.29 is 33.3 Å². The summed E-state index contributed by atoms with van der Waals surface area (Å²) in [6.07, 6.45) is -4.04. The molecule has 0 atom stereocenters. The Balaban J connectivity index is 2.65. The van der Waals surface area contributed by atoms with E-state index in [4.69, 9.17) is 0 Å². The van der Waals surface area contributed by atoms with Crippen LogP contribution >= 0.6 is 0 Å². The maximum absolute atomic E-state index is 12.7. The summed E-state index contributed by atoms with van der Waals surface area (Å²) < 4.78 is 38.1. The molecule has 19 heavy (non-hydrogen) atoms. The lowest BCUT2D eigenvalue weighted by molar-refractivity contribution is -0.148. The van der Waals surface area contributed by atoms with Crippen molar-refractivity contribution in [1.82, 2.24) is 0 Å². The first-order chi connectivity index (χ1) is 8.68. The average Bonchev–Trinajstić information content (AvgIpc) is 2.18. The predicted molar refractivity (Wildman–Crippen MR) is 57.9 cm³/mol. The molecule has 1 aliphatic rings. The van der Waals surface area contributed by atoms with Crippen molar-refractivity contribution in [1.29, 1.82) is 0 Å². The van der Waals surface area contributed by atoms with Gasteiger partial charge in [0.05, 0.1) is 5.41 Å². The van der Waals surface area contributed by atoms with Crippen LogP contribution in [0.5, 0.6) is 11.5 Å². The number of halogens is 3. The van der Waals surface area contributed by atoms with Crippen LogP contribution in [0.3, 0.4) is 0 Å². The number of benzene rings is 1. The van der Waals surface area contributed by atoms with Crippen LogP contribution in [0.15, 0.2) is 12.1 Å². The van der Waals surface area contributed by atoms with Crippen LogP contribution in [0.1, 0.15) is 30.4 Å². The highest BCUT2D eigenvalue weighted by Gasteiger charge is 2.49. The number of hydrogen-bond acceptors (Lipinski definition) is 3. The third kappa shape index (κ3) is 1.98. The first kappa shape index (κ1) is 13.5. The Bertz CT molecular complexity index is 533. The van der Waals surface area contributed by atoms with Crippen LogP contribution in [0.25, 0.3) is 0 Å². The second-order valence-electron chi connectivity index (χ2n) is 4.63. The molecule has 104 valence electrons. The zero-order chi connectivity index (χ0) is 14.4. The van der Waals surface area contributed by atoms with Gasteiger partial charge in [0, 0.05) is 5.56 Å². The normalized spacial score (nSPS) is 17.8. The molecule has 0 aliphatic heterocycles. The fraction of sp³-hybridized carbons (Fsp3) is 0.417. The van der Waals surface area contributed by atoms with Gasteiger partial charge in [-0.25, -0.2) is 0 Å². The van der Waals surface area contributed by atoms with Gasteiger partial charge >= 0.3 is 12.1 Å². The molecule has 2 rings (SSSR count).